The SMILES string of the molecule is CNCC(=O)N[C@H](C(=O)N1C[C@@H](NC(=O)Nc2ccc(NC(=O)N[C@H]3CC(C(=O)N[C@@H]4CCCc5ccccc54)N(C(=O)[C@@H](NC(=O)[C@H](C)NC)C(C)(C)C)C3)cc2)C[C@H]1C(=O)N[C@@H]1CCCc2ccccc21)C(C)(C)C. The fourth-order valence-electron chi connectivity index (χ4n) is 11.0. The van der Waals surface area contributed by atoms with Crippen LogP contribution in [0.25, 0.3) is 0 Å². The smallest absolute Gasteiger partial charge is 0.319 e. The maximum Gasteiger partial charge on any atom is 0.319 e. The lowest BCUT2D eigenvalue weighted by atomic mass is 9.85. The maximum absolute atomic E-state index is 14.6. The molecule has 2 heterocycles. The maximum atomic E-state index is 14.6. The van der Waals surface area contributed by atoms with Crippen LogP contribution >= 0.6 is 0 Å². The number of nitrogens with one attached hydrogen (secondary N) is 10. The number of anilines is 2. The standard InChI is InChI=1S/C57H80N12O8/c1-33(59-9)49(71)67-48(57(5,6)7)53(75)69-32-39(29-45(69)51(73)65-43-23-15-19-35-17-11-13-21-41(35)43)63-55(77)61-37-26-24-36(25-27-37)60-54(76)62-38-28-44(50(72)64-42-22-14-18-34-16-10-12-20-40(34)42)68(31-38)52(74)47(56(2,3)4)66-46(70)30-58-8/h10-13,16-17,20-21,24-27,33,38-39,42-45,47-48,58-59H,14-15,18-19,22-23,28-32H2,1-9H3,(H,64,72)(H,65,73)(H,66,70)(H,67,71)(H2,60,62,76)(H2,61,63,77)/t33-,38-,39-,42+,43+,44-,45?,47+,48+/m0/s1. The number of amides is 10. The summed E-state index contributed by atoms with van der Waals surface area (Å²) in [6.45, 7) is 12.8. The molecule has 0 spiro atoms. The van der Waals surface area contributed by atoms with Crippen LogP contribution in [-0.4, -0.2) is 133 Å². The molecule has 2 saturated heterocycles. The van der Waals surface area contributed by atoms with Crippen LogP contribution in [0.1, 0.15) is 121 Å². The molecule has 20 nitrogen and oxygen atoms in total. The molecule has 3 aromatic rings. The first-order valence-electron chi connectivity index (χ1n) is 27.1. The largest absolute Gasteiger partial charge is 0.347 e. The summed E-state index contributed by atoms with van der Waals surface area (Å²) in [4.78, 5) is 114. The van der Waals surface area contributed by atoms with Gasteiger partial charge in [0.25, 0.3) is 0 Å². The molecule has 9 atom stereocenters. The van der Waals surface area contributed by atoms with Crippen LogP contribution in [0.4, 0.5) is 21.0 Å². The van der Waals surface area contributed by atoms with Crippen molar-refractivity contribution in [2.75, 3.05) is 44.4 Å². The number of carbonyl (C=O) groups excluding carboxylic acids is 8. The molecule has 2 aliphatic carbocycles. The molecular formula is C57H80N12O8. The van der Waals surface area contributed by atoms with Crippen molar-refractivity contribution in [1.29, 1.82) is 0 Å². The summed E-state index contributed by atoms with van der Waals surface area (Å²) in [5.74, 6) is -2.27. The molecule has 2 fully saturated rings. The van der Waals surface area contributed by atoms with Gasteiger partial charge in [0.15, 0.2) is 0 Å². The second-order valence-corrected chi connectivity index (χ2v) is 23.2. The van der Waals surface area contributed by atoms with Crippen molar-refractivity contribution < 1.29 is 38.4 Å². The zero-order chi connectivity index (χ0) is 55.8. The third-order valence-electron chi connectivity index (χ3n) is 15.2. The van der Waals surface area contributed by atoms with E-state index < -0.39 is 77.0 Å². The van der Waals surface area contributed by atoms with E-state index in [1.54, 1.807) is 45.3 Å². The van der Waals surface area contributed by atoms with E-state index in [4.69, 9.17) is 0 Å². The molecule has 1 unspecified atom stereocenters. The minimum atomic E-state index is -0.973. The van der Waals surface area contributed by atoms with E-state index >= 15 is 0 Å². The van der Waals surface area contributed by atoms with Crippen molar-refractivity contribution in [3.05, 3.63) is 95.1 Å². The lowest BCUT2D eigenvalue weighted by Gasteiger charge is -2.36. The van der Waals surface area contributed by atoms with E-state index in [0.717, 1.165) is 49.7 Å². The summed E-state index contributed by atoms with van der Waals surface area (Å²) >= 11 is 0. The average molecular weight is 1060 g/mol. The average Bonchev–Trinajstić information content (AvgIpc) is 4.02. The minimum Gasteiger partial charge on any atom is -0.347 e. The quantitative estimate of drug-likeness (QED) is 0.0981. The summed E-state index contributed by atoms with van der Waals surface area (Å²) in [5.41, 5.74) is 3.79. The molecule has 0 saturated carbocycles. The molecule has 2 aliphatic heterocycles. The first kappa shape index (κ1) is 57.6. The van der Waals surface area contributed by atoms with Gasteiger partial charge in [0.2, 0.25) is 35.4 Å². The Morgan fingerprint density at radius 2 is 0.987 bits per heavy atom. The highest BCUT2D eigenvalue weighted by Gasteiger charge is 2.48. The van der Waals surface area contributed by atoms with Gasteiger partial charge >= 0.3 is 12.1 Å². The third-order valence-corrected chi connectivity index (χ3v) is 15.2. The Morgan fingerprint density at radius 1 is 0.571 bits per heavy atom. The van der Waals surface area contributed by atoms with Crippen molar-refractivity contribution in [3.8, 4) is 0 Å². The van der Waals surface area contributed by atoms with Crippen LogP contribution in [0.5, 0.6) is 0 Å². The van der Waals surface area contributed by atoms with Crippen molar-refractivity contribution in [2.24, 2.45) is 10.8 Å². The summed E-state index contributed by atoms with van der Waals surface area (Å²) in [6.07, 6.45) is 5.37. The molecule has 10 N–H and O–H groups in total. The fourth-order valence-corrected chi connectivity index (χ4v) is 11.0. The number of benzene rings is 3. The number of hydrogen-bond donors (Lipinski definition) is 10. The van der Waals surface area contributed by atoms with E-state index in [9.17, 15) is 38.4 Å². The molecule has 10 amide bonds. The van der Waals surface area contributed by atoms with E-state index in [-0.39, 0.29) is 68.2 Å². The zero-order valence-corrected chi connectivity index (χ0v) is 46.1. The van der Waals surface area contributed by atoms with Gasteiger partial charge in [0, 0.05) is 24.5 Å². The molecule has 7 rings (SSSR count). The topological polar surface area (TPSA) is 263 Å². The number of likely N-dealkylation sites (N-methyl/N-ethyl adjacent to an activating group) is 2. The van der Waals surface area contributed by atoms with Gasteiger partial charge in [0.05, 0.1) is 36.8 Å². The second kappa shape index (κ2) is 24.9. The van der Waals surface area contributed by atoms with Gasteiger partial charge in [-0.05, 0) is 130 Å². The number of rotatable bonds is 16. The lowest BCUT2D eigenvalue weighted by molar-refractivity contribution is -0.144. The number of urea groups is 2. The summed E-state index contributed by atoms with van der Waals surface area (Å²) in [6, 6.07) is 15.2. The highest BCUT2D eigenvalue weighted by molar-refractivity contribution is 5.96. The van der Waals surface area contributed by atoms with Gasteiger partial charge in [-0.15, -0.1) is 0 Å². The number of fused-ring (bicyclic) bond motifs is 2. The van der Waals surface area contributed by atoms with Gasteiger partial charge in [0.1, 0.15) is 24.2 Å². The van der Waals surface area contributed by atoms with Crippen LogP contribution < -0.4 is 53.2 Å². The molecule has 0 bridgehead atoms. The lowest BCUT2D eigenvalue weighted by Crippen LogP contribution is -2.59. The van der Waals surface area contributed by atoms with E-state index in [1.165, 1.54) is 20.9 Å². The first-order chi connectivity index (χ1) is 36.5. The predicted molar refractivity (Wildman–Crippen MR) is 294 cm³/mol. The highest BCUT2D eigenvalue weighted by Crippen LogP contribution is 2.34. The van der Waals surface area contributed by atoms with Crippen LogP contribution in [-0.2, 0) is 41.6 Å². The zero-order valence-electron chi connectivity index (χ0n) is 46.1. The van der Waals surface area contributed by atoms with Crippen molar-refractivity contribution >= 4 is 58.9 Å². The Bertz CT molecular complexity index is 2650. The number of nitrogens with zero attached hydrogens (tertiary/aromatic N) is 2. The fraction of sp³-hybridized carbons (Fsp3) is 0.544. The molecule has 4 aliphatic rings. The number of likely N-dealkylation sites (tertiary alicyclic amines) is 2. The van der Waals surface area contributed by atoms with E-state index in [1.807, 2.05) is 77.9 Å². The van der Waals surface area contributed by atoms with Gasteiger partial charge in [-0.2, -0.15) is 0 Å². The molecule has 416 valence electrons. The number of aryl methyl sites for hydroxylation is 2. The van der Waals surface area contributed by atoms with Crippen LogP contribution in [0.2, 0.25) is 0 Å². The molecular weight excluding hydrogens is 981 g/mol. The van der Waals surface area contributed by atoms with Crippen LogP contribution in [0.15, 0.2) is 72.8 Å². The molecule has 0 radical (unpaired) electrons. The Kier molecular flexibility index (Phi) is 18.7. The minimum absolute atomic E-state index is 0.000246. The third kappa shape index (κ3) is 14.5. The Labute approximate surface area is 452 Å². The Morgan fingerprint density at radius 3 is 1.39 bits per heavy atom. The van der Waals surface area contributed by atoms with Gasteiger partial charge in [-0.3, -0.25) is 28.8 Å². The van der Waals surface area contributed by atoms with Crippen LogP contribution in [0, 0.1) is 10.8 Å². The van der Waals surface area contributed by atoms with Crippen LogP contribution in [0.3, 0.4) is 0 Å². The second-order valence-electron chi connectivity index (χ2n) is 23.2. The molecule has 77 heavy (non-hydrogen) atoms. The summed E-state index contributed by atoms with van der Waals surface area (Å²) in [5, 5.41) is 29.4. The predicted octanol–water partition coefficient (Wildman–Crippen LogP) is 4.15. The van der Waals surface area contributed by atoms with Gasteiger partial charge in [-0.1, -0.05) is 90.1 Å². The summed E-state index contributed by atoms with van der Waals surface area (Å²) < 4.78 is 0. The molecule has 3 aromatic carbocycles. The molecule has 20 heteroatoms. The van der Waals surface area contributed by atoms with Gasteiger partial charge < -0.3 is 63.0 Å². The normalized spacial score (nSPS) is 22.2. The monoisotopic (exact) mass is 1060 g/mol. The Hall–Kier alpha value is -7.06. The number of carbonyl (C=O) groups is 8. The van der Waals surface area contributed by atoms with Crippen molar-refractivity contribution in [2.45, 2.75) is 154 Å². The Balaban J connectivity index is 0.994. The summed E-state index contributed by atoms with van der Waals surface area (Å²) in [7, 11) is 3.29. The molecule has 0 aromatic heterocycles. The van der Waals surface area contributed by atoms with E-state index in [2.05, 4.69) is 65.3 Å². The van der Waals surface area contributed by atoms with E-state index in [0.29, 0.717) is 11.4 Å². The highest BCUT2D eigenvalue weighted by atomic mass is 16.2. The first-order valence-corrected chi connectivity index (χ1v) is 27.1. The van der Waals surface area contributed by atoms with Gasteiger partial charge in [-0.25, -0.2) is 9.59 Å². The number of hydrogen-bond acceptors (Lipinski definition) is 10. The van der Waals surface area contributed by atoms with Crippen molar-refractivity contribution in [3.63, 3.8) is 0 Å². The van der Waals surface area contributed by atoms with Crippen molar-refractivity contribution in [1.82, 2.24) is 52.3 Å².